The second kappa shape index (κ2) is 13.6. The third-order valence-electron chi connectivity index (χ3n) is 10.6. The van der Waals surface area contributed by atoms with Gasteiger partial charge in [0.15, 0.2) is 0 Å². The van der Waals surface area contributed by atoms with Crippen molar-refractivity contribution >= 4 is 43.1 Å². The third-order valence-corrected chi connectivity index (χ3v) is 10.6. The Morgan fingerprint density at radius 2 is 0.571 bits per heavy atom. The number of fused-ring (bicyclic) bond motifs is 4. The van der Waals surface area contributed by atoms with Gasteiger partial charge >= 0.3 is 0 Å². The topological polar surface area (TPSA) is 80.9 Å². The smallest absolute Gasteiger partial charge is 0.139 e. The minimum atomic E-state index is -0.0219. The first kappa shape index (κ1) is 34.1. The van der Waals surface area contributed by atoms with Crippen LogP contribution in [0, 0.1) is 37.5 Å². The van der Waals surface area contributed by atoms with Gasteiger partial charge in [0.2, 0.25) is 0 Å². The van der Waals surface area contributed by atoms with Gasteiger partial charge in [-0.2, -0.15) is 0 Å². The van der Waals surface area contributed by atoms with E-state index in [4.69, 9.17) is 0 Å². The Kier molecular flexibility index (Phi) is 8.31. The van der Waals surface area contributed by atoms with Crippen molar-refractivity contribution in [1.82, 2.24) is 0 Å². The quantitative estimate of drug-likeness (QED) is 0.134. The number of benzene rings is 9. The molecule has 0 bridgehead atoms. The summed E-state index contributed by atoms with van der Waals surface area (Å²) in [6, 6.07) is 46.4. The van der Waals surface area contributed by atoms with E-state index in [-0.39, 0.29) is 23.0 Å². The van der Waals surface area contributed by atoms with Crippen LogP contribution < -0.4 is 0 Å². The lowest BCUT2D eigenvalue weighted by molar-refractivity contribution is 0.467. The predicted molar refractivity (Wildman–Crippen MR) is 228 cm³/mol. The van der Waals surface area contributed by atoms with Gasteiger partial charge in [-0.1, -0.05) is 133 Å². The van der Waals surface area contributed by atoms with Crippen LogP contribution in [0.4, 0.5) is 0 Å². The molecule has 0 atom stereocenters. The van der Waals surface area contributed by atoms with E-state index in [1.165, 1.54) is 0 Å². The van der Waals surface area contributed by atoms with Crippen molar-refractivity contribution in [3.8, 4) is 68.9 Å². The van der Waals surface area contributed by atoms with E-state index in [0.717, 1.165) is 43.1 Å². The fourth-order valence-electron chi connectivity index (χ4n) is 7.80. The SMILES string of the molecule is Cc1cc2ccccc2c(-c2c(O)c(C#Cc3ccccc3C#Cc3cc4ccccc4c(-c4c(O)c(C)cc5ccccc45)c3O)cc3ccccc23)c1O. The Morgan fingerprint density at radius 1 is 0.304 bits per heavy atom. The molecule has 9 aromatic rings. The fourth-order valence-corrected chi connectivity index (χ4v) is 7.80. The maximum Gasteiger partial charge on any atom is 0.139 e. The molecule has 0 aliphatic carbocycles. The fraction of sp³-hybridized carbons (Fsp3) is 0.0385. The third kappa shape index (κ3) is 5.69. The van der Waals surface area contributed by atoms with Crippen LogP contribution in [-0.4, -0.2) is 20.4 Å². The largest absolute Gasteiger partial charge is 0.507 e. The number of hydrogen-bond donors (Lipinski definition) is 4. The minimum absolute atomic E-state index is 0.0219. The number of aryl methyl sites for hydroxylation is 2. The molecule has 0 amide bonds. The van der Waals surface area contributed by atoms with Crippen LogP contribution in [0.25, 0.3) is 65.3 Å². The van der Waals surface area contributed by atoms with Crippen LogP contribution in [0.1, 0.15) is 33.4 Å². The van der Waals surface area contributed by atoms with E-state index in [9.17, 15) is 20.4 Å². The Balaban J connectivity index is 1.19. The van der Waals surface area contributed by atoms with Gasteiger partial charge in [-0.05, 0) is 104 Å². The van der Waals surface area contributed by atoms with Crippen LogP contribution in [-0.2, 0) is 0 Å². The molecule has 4 N–H and O–H groups in total. The summed E-state index contributed by atoms with van der Waals surface area (Å²) in [5, 5.41) is 53.8. The normalized spacial score (nSPS) is 11.0. The van der Waals surface area contributed by atoms with Crippen molar-refractivity contribution in [1.29, 1.82) is 0 Å². The standard InChI is InChI=1S/C52H34O4/c1-31-27-35-15-5-9-19-41(35)45(49(31)53)47-43-21-11-7-17-37(43)29-39(51(47)55)25-23-33-13-3-4-14-34(33)24-26-40-30-38-18-8-12-22-44(38)48(52(40)56)46-42-20-10-6-16-36(42)28-32(2)50(46)54/h3-22,27-30,53-56H,1-2H3. The Morgan fingerprint density at radius 3 is 0.929 bits per heavy atom. The zero-order chi connectivity index (χ0) is 38.5. The molecule has 56 heavy (non-hydrogen) atoms. The van der Waals surface area contributed by atoms with Crippen molar-refractivity contribution in [2.75, 3.05) is 0 Å². The lowest BCUT2D eigenvalue weighted by Gasteiger charge is -2.17. The molecule has 0 fully saturated rings. The average molecular weight is 723 g/mol. The zero-order valence-corrected chi connectivity index (χ0v) is 30.6. The number of aromatic hydroxyl groups is 4. The highest BCUT2D eigenvalue weighted by Crippen LogP contribution is 2.49. The summed E-state index contributed by atoms with van der Waals surface area (Å²) in [4.78, 5) is 0. The van der Waals surface area contributed by atoms with Crippen molar-refractivity contribution in [2.45, 2.75) is 13.8 Å². The Labute approximate surface area is 324 Å². The van der Waals surface area contributed by atoms with Crippen molar-refractivity contribution in [3.05, 3.63) is 179 Å². The van der Waals surface area contributed by atoms with Gasteiger partial charge in [0.25, 0.3) is 0 Å². The van der Waals surface area contributed by atoms with Crippen LogP contribution in [0.3, 0.4) is 0 Å². The lowest BCUT2D eigenvalue weighted by Crippen LogP contribution is -1.92. The molecular weight excluding hydrogens is 689 g/mol. The molecule has 4 heteroatoms. The molecule has 266 valence electrons. The van der Waals surface area contributed by atoms with Gasteiger partial charge in [-0.3, -0.25) is 0 Å². The molecule has 0 radical (unpaired) electrons. The molecule has 0 aliphatic rings. The van der Waals surface area contributed by atoms with Gasteiger partial charge in [-0.25, -0.2) is 0 Å². The van der Waals surface area contributed by atoms with Crippen molar-refractivity contribution in [2.24, 2.45) is 0 Å². The first-order chi connectivity index (χ1) is 27.3. The second-order valence-electron chi connectivity index (χ2n) is 14.1. The summed E-state index contributed by atoms with van der Waals surface area (Å²) in [6.45, 7) is 3.72. The molecule has 9 rings (SSSR count). The average Bonchev–Trinajstić information content (AvgIpc) is 3.21. The molecule has 4 nitrogen and oxygen atoms in total. The molecule has 9 aromatic carbocycles. The summed E-state index contributed by atoms with van der Waals surface area (Å²) in [6.07, 6.45) is 0. The molecule has 0 unspecified atom stereocenters. The molecule has 0 saturated heterocycles. The molecule has 0 spiro atoms. The van der Waals surface area contributed by atoms with Gasteiger partial charge in [-0.15, -0.1) is 0 Å². The molecule has 0 saturated carbocycles. The van der Waals surface area contributed by atoms with Gasteiger partial charge < -0.3 is 20.4 Å². The predicted octanol–water partition coefficient (Wildman–Crippen LogP) is 11.9. The van der Waals surface area contributed by atoms with Crippen LogP contribution >= 0.6 is 0 Å². The van der Waals surface area contributed by atoms with E-state index in [0.29, 0.717) is 55.6 Å². The van der Waals surface area contributed by atoms with E-state index in [1.54, 1.807) is 0 Å². The highest BCUT2D eigenvalue weighted by Gasteiger charge is 2.22. The number of phenolic OH excluding ortho intramolecular Hbond substituents is 4. The summed E-state index contributed by atoms with van der Waals surface area (Å²) in [5.74, 6) is 13.1. The summed E-state index contributed by atoms with van der Waals surface area (Å²) >= 11 is 0. The Hall–Kier alpha value is -7.66. The first-order valence-electron chi connectivity index (χ1n) is 18.3. The van der Waals surface area contributed by atoms with E-state index in [1.807, 2.05) is 159 Å². The molecule has 0 aliphatic heterocycles. The van der Waals surface area contributed by atoms with Crippen molar-refractivity contribution in [3.63, 3.8) is 0 Å². The van der Waals surface area contributed by atoms with Crippen LogP contribution in [0.15, 0.2) is 146 Å². The molecule has 0 aromatic heterocycles. The minimum Gasteiger partial charge on any atom is -0.507 e. The number of hydrogen-bond acceptors (Lipinski definition) is 4. The van der Waals surface area contributed by atoms with Gasteiger partial charge in [0.1, 0.15) is 23.0 Å². The maximum atomic E-state index is 12.0. The monoisotopic (exact) mass is 722 g/mol. The lowest BCUT2D eigenvalue weighted by atomic mass is 9.89. The van der Waals surface area contributed by atoms with Gasteiger partial charge in [0, 0.05) is 33.4 Å². The second-order valence-corrected chi connectivity index (χ2v) is 14.1. The van der Waals surface area contributed by atoms with E-state index in [2.05, 4.69) is 23.7 Å². The first-order valence-corrected chi connectivity index (χ1v) is 18.3. The van der Waals surface area contributed by atoms with Crippen LogP contribution in [0.2, 0.25) is 0 Å². The van der Waals surface area contributed by atoms with Crippen LogP contribution in [0.5, 0.6) is 23.0 Å². The number of rotatable bonds is 2. The number of phenols is 4. The van der Waals surface area contributed by atoms with E-state index < -0.39 is 0 Å². The highest BCUT2D eigenvalue weighted by atomic mass is 16.3. The van der Waals surface area contributed by atoms with Crippen molar-refractivity contribution < 1.29 is 20.4 Å². The Bertz CT molecular complexity index is 3010. The highest BCUT2D eigenvalue weighted by molar-refractivity contribution is 6.12. The zero-order valence-electron chi connectivity index (χ0n) is 30.6. The summed E-state index contributed by atoms with van der Waals surface area (Å²) < 4.78 is 0. The summed E-state index contributed by atoms with van der Waals surface area (Å²) in [5.41, 5.74) is 5.68. The van der Waals surface area contributed by atoms with E-state index >= 15 is 0 Å². The summed E-state index contributed by atoms with van der Waals surface area (Å²) in [7, 11) is 0. The molecule has 0 heterocycles. The van der Waals surface area contributed by atoms with Gasteiger partial charge in [0.05, 0.1) is 11.1 Å². The molecular formula is C52H34O4. The maximum absolute atomic E-state index is 12.0.